The zero-order chi connectivity index (χ0) is 24.9. The predicted octanol–water partition coefficient (Wildman–Crippen LogP) is 4.68. The van der Waals surface area contributed by atoms with Gasteiger partial charge in [-0.1, -0.05) is 42.5 Å². The molecule has 36 heavy (non-hydrogen) atoms. The second-order valence-electron chi connectivity index (χ2n) is 8.76. The first-order chi connectivity index (χ1) is 17.7. The molecule has 0 saturated carbocycles. The van der Waals surface area contributed by atoms with Crippen LogP contribution in [0.4, 0.5) is 5.69 Å². The summed E-state index contributed by atoms with van der Waals surface area (Å²) in [6.45, 7) is 1.81. The molecule has 1 saturated heterocycles. The van der Waals surface area contributed by atoms with Gasteiger partial charge in [0.25, 0.3) is 0 Å². The van der Waals surface area contributed by atoms with E-state index in [4.69, 9.17) is 17.0 Å². The molecule has 3 heterocycles. The minimum absolute atomic E-state index is 0.0519. The number of thiocarbonyl (C=S) groups is 1. The molecule has 1 fully saturated rings. The van der Waals surface area contributed by atoms with Gasteiger partial charge in [0, 0.05) is 55.8 Å². The van der Waals surface area contributed by atoms with Gasteiger partial charge in [0.1, 0.15) is 0 Å². The van der Waals surface area contributed by atoms with E-state index in [0.29, 0.717) is 24.7 Å². The van der Waals surface area contributed by atoms with Crippen LogP contribution in [0, 0.1) is 0 Å². The highest BCUT2D eigenvalue weighted by atomic mass is 32.1. The number of nitrogens with one attached hydrogen (secondary N) is 2. The predicted molar refractivity (Wildman–Crippen MR) is 146 cm³/mol. The molecule has 1 amide bonds. The number of anilines is 1. The van der Waals surface area contributed by atoms with Gasteiger partial charge >= 0.3 is 0 Å². The van der Waals surface area contributed by atoms with Crippen LogP contribution in [0.5, 0.6) is 0 Å². The number of aromatic nitrogens is 2. The Kier molecular flexibility index (Phi) is 7.25. The number of amides is 1. The van der Waals surface area contributed by atoms with Crippen LogP contribution in [0.25, 0.3) is 10.8 Å². The fourth-order valence-electron chi connectivity index (χ4n) is 4.83. The van der Waals surface area contributed by atoms with Crippen molar-refractivity contribution in [2.75, 3.05) is 25.6 Å². The summed E-state index contributed by atoms with van der Waals surface area (Å²) < 4.78 is 7.50. The number of fused-ring (bicyclic) bond motifs is 1. The average molecular weight is 500 g/mol. The van der Waals surface area contributed by atoms with Crippen molar-refractivity contribution in [2.45, 2.75) is 25.0 Å². The number of benzene rings is 2. The number of hydrogen-bond donors (Lipinski definition) is 2. The summed E-state index contributed by atoms with van der Waals surface area (Å²) in [5.74, 6) is -0.0519. The Balaban J connectivity index is 1.37. The second kappa shape index (κ2) is 10.9. The number of carbonyl (C=O) groups excluding carboxylic acids is 1. The summed E-state index contributed by atoms with van der Waals surface area (Å²) in [7, 11) is 1.70. The summed E-state index contributed by atoms with van der Waals surface area (Å²) in [5, 5.41) is 9.29. The molecule has 2 N–H and O–H groups in total. The Morgan fingerprint density at radius 1 is 1.06 bits per heavy atom. The molecule has 184 valence electrons. The normalized spacial score (nSPS) is 17.4. The number of nitrogens with zero attached hydrogens (tertiary/aromatic N) is 3. The number of pyridine rings is 1. The van der Waals surface area contributed by atoms with Gasteiger partial charge in [0.15, 0.2) is 5.11 Å². The fraction of sp³-hybridized carbons (Fsp3) is 0.250. The minimum atomic E-state index is -0.129. The van der Waals surface area contributed by atoms with Crippen LogP contribution in [-0.4, -0.2) is 45.7 Å². The molecular weight excluding hydrogens is 470 g/mol. The van der Waals surface area contributed by atoms with E-state index in [-0.39, 0.29) is 18.0 Å². The Bertz CT molecular complexity index is 1350. The van der Waals surface area contributed by atoms with Gasteiger partial charge in [-0.15, -0.1) is 0 Å². The second-order valence-corrected chi connectivity index (χ2v) is 9.15. The fourth-order valence-corrected chi connectivity index (χ4v) is 5.16. The van der Waals surface area contributed by atoms with E-state index < -0.39 is 0 Å². The van der Waals surface area contributed by atoms with Crippen molar-refractivity contribution < 1.29 is 9.53 Å². The van der Waals surface area contributed by atoms with Crippen LogP contribution in [0.1, 0.15) is 29.9 Å². The van der Waals surface area contributed by atoms with Gasteiger partial charge in [-0.3, -0.25) is 9.78 Å². The molecule has 7 nitrogen and oxygen atoms in total. The van der Waals surface area contributed by atoms with E-state index in [0.717, 1.165) is 34.4 Å². The standard InChI is InChI=1S/C28H29N5O2S/c1-35-19-18-32-16-7-13-24(32)27-26(23-11-4-5-15-29-23)31-28(36)33(27)17-14-25(34)30-22-12-6-9-20-8-2-3-10-21(20)22/h2-13,15-16,26-27H,14,17-19H2,1H3,(H,30,34)(H,31,36)/t26-,27+/m1/s1. The number of hydrogen-bond acceptors (Lipinski definition) is 4. The van der Waals surface area contributed by atoms with Crippen LogP contribution in [-0.2, 0) is 16.1 Å². The van der Waals surface area contributed by atoms with Crippen LogP contribution in [0.3, 0.4) is 0 Å². The maximum Gasteiger partial charge on any atom is 0.226 e. The lowest BCUT2D eigenvalue weighted by Crippen LogP contribution is -2.33. The monoisotopic (exact) mass is 499 g/mol. The number of ether oxygens (including phenoxy) is 1. The molecule has 8 heteroatoms. The molecule has 0 radical (unpaired) electrons. The number of carbonyl (C=O) groups is 1. The van der Waals surface area contributed by atoms with Crippen molar-refractivity contribution in [2.24, 2.45) is 0 Å². The van der Waals surface area contributed by atoms with Crippen molar-refractivity contribution in [1.82, 2.24) is 19.8 Å². The van der Waals surface area contributed by atoms with Gasteiger partial charge in [-0.05, 0) is 47.9 Å². The maximum absolute atomic E-state index is 13.0. The highest BCUT2D eigenvalue weighted by Gasteiger charge is 2.41. The van der Waals surface area contributed by atoms with Crippen molar-refractivity contribution in [1.29, 1.82) is 0 Å². The van der Waals surface area contributed by atoms with E-state index in [1.54, 1.807) is 13.3 Å². The molecule has 0 spiro atoms. The van der Waals surface area contributed by atoms with E-state index in [1.165, 1.54) is 0 Å². The van der Waals surface area contributed by atoms with Crippen molar-refractivity contribution >= 4 is 39.7 Å². The van der Waals surface area contributed by atoms with E-state index in [2.05, 4.69) is 37.3 Å². The van der Waals surface area contributed by atoms with Gasteiger partial charge < -0.3 is 24.8 Å². The van der Waals surface area contributed by atoms with Crippen molar-refractivity contribution in [3.05, 3.63) is 96.6 Å². The third kappa shape index (κ3) is 4.96. The first-order valence-electron chi connectivity index (χ1n) is 12.1. The SMILES string of the molecule is COCCn1cccc1[C@H]1[C@@H](c2ccccn2)NC(=S)N1CCC(=O)Nc1cccc2ccccc12. The number of rotatable bonds is 9. The Morgan fingerprint density at radius 3 is 2.72 bits per heavy atom. The zero-order valence-corrected chi connectivity index (χ0v) is 20.9. The quantitative estimate of drug-likeness (QED) is 0.326. The summed E-state index contributed by atoms with van der Waals surface area (Å²) >= 11 is 5.77. The van der Waals surface area contributed by atoms with Gasteiger partial charge in [0.05, 0.1) is 24.4 Å². The summed E-state index contributed by atoms with van der Waals surface area (Å²) in [6, 6.07) is 23.8. The van der Waals surface area contributed by atoms with Gasteiger partial charge in [-0.2, -0.15) is 0 Å². The molecule has 0 unspecified atom stereocenters. The Labute approximate surface area is 216 Å². The lowest BCUT2D eigenvalue weighted by atomic mass is 10.0. The third-order valence-electron chi connectivity index (χ3n) is 6.55. The Morgan fingerprint density at radius 2 is 1.89 bits per heavy atom. The van der Waals surface area contributed by atoms with Crippen LogP contribution in [0.15, 0.2) is 85.2 Å². The molecule has 2 atom stereocenters. The van der Waals surface area contributed by atoms with Crippen molar-refractivity contribution in [3.8, 4) is 0 Å². The van der Waals surface area contributed by atoms with E-state index >= 15 is 0 Å². The lowest BCUT2D eigenvalue weighted by Gasteiger charge is -2.28. The summed E-state index contributed by atoms with van der Waals surface area (Å²) in [4.78, 5) is 19.7. The zero-order valence-electron chi connectivity index (χ0n) is 20.1. The molecule has 2 aromatic carbocycles. The average Bonchev–Trinajstić information content (AvgIpc) is 3.50. The van der Waals surface area contributed by atoms with Crippen LogP contribution < -0.4 is 10.6 Å². The highest BCUT2D eigenvalue weighted by Crippen LogP contribution is 2.38. The lowest BCUT2D eigenvalue weighted by molar-refractivity contribution is -0.116. The third-order valence-corrected chi connectivity index (χ3v) is 6.90. The van der Waals surface area contributed by atoms with Gasteiger partial charge in [-0.25, -0.2) is 0 Å². The topological polar surface area (TPSA) is 71.4 Å². The first kappa shape index (κ1) is 24.0. The van der Waals surface area contributed by atoms with Crippen LogP contribution >= 0.6 is 12.2 Å². The molecule has 5 rings (SSSR count). The van der Waals surface area contributed by atoms with Crippen molar-refractivity contribution in [3.63, 3.8) is 0 Å². The first-order valence-corrected chi connectivity index (χ1v) is 12.5. The Hall–Kier alpha value is -3.75. The molecule has 1 aliphatic heterocycles. The molecule has 4 aromatic rings. The smallest absolute Gasteiger partial charge is 0.226 e. The molecular formula is C28H29N5O2S. The summed E-state index contributed by atoms with van der Waals surface area (Å²) in [6.07, 6.45) is 4.15. The van der Waals surface area contributed by atoms with E-state index in [9.17, 15) is 4.79 Å². The molecule has 2 aromatic heterocycles. The number of methoxy groups -OCH3 is 1. The van der Waals surface area contributed by atoms with E-state index in [1.807, 2.05) is 66.7 Å². The highest BCUT2D eigenvalue weighted by molar-refractivity contribution is 7.80. The summed E-state index contributed by atoms with van der Waals surface area (Å²) in [5.41, 5.74) is 2.83. The van der Waals surface area contributed by atoms with Crippen LogP contribution in [0.2, 0.25) is 0 Å². The maximum atomic E-state index is 13.0. The molecule has 0 aliphatic carbocycles. The minimum Gasteiger partial charge on any atom is -0.383 e. The molecule has 1 aliphatic rings. The largest absolute Gasteiger partial charge is 0.383 e. The molecule has 0 bridgehead atoms. The van der Waals surface area contributed by atoms with Gasteiger partial charge in [0.2, 0.25) is 5.91 Å².